The number of unbranched alkanes of at least 4 members (excludes halogenated alkanes) is 2. The summed E-state index contributed by atoms with van der Waals surface area (Å²) in [6.45, 7) is 0.386. The monoisotopic (exact) mass is 448 g/mol. The molecule has 0 radical (unpaired) electrons. The third kappa shape index (κ3) is 7.08. The molecule has 2 rings (SSSR count). The van der Waals surface area contributed by atoms with E-state index in [1.165, 1.54) is 44.6 Å². The number of rotatable bonds is 13. The predicted octanol–water partition coefficient (Wildman–Crippen LogP) is 3.58. The topological polar surface area (TPSA) is 138 Å². The zero-order chi connectivity index (χ0) is 23.5. The number of methoxy groups -OCH3 is 2. The Labute approximate surface area is 184 Å². The zero-order valence-electron chi connectivity index (χ0n) is 17.7. The molecule has 2 N–H and O–H groups in total. The van der Waals surface area contributed by atoms with Crippen molar-refractivity contribution in [1.29, 1.82) is 0 Å². The average Bonchev–Trinajstić information content (AvgIpc) is 2.79. The van der Waals surface area contributed by atoms with Gasteiger partial charge in [-0.3, -0.25) is 9.78 Å². The maximum atomic E-state index is 11.8. The number of ether oxygens (including phenoxy) is 3. The van der Waals surface area contributed by atoms with Gasteiger partial charge in [0.1, 0.15) is 28.4 Å². The minimum Gasteiger partial charge on any atom is -0.496 e. The first-order valence-electron chi connectivity index (χ1n) is 9.68. The molecule has 0 unspecified atom stereocenters. The minimum atomic E-state index is -1.15. The number of carboxylic acids is 2. The Kier molecular flexibility index (Phi) is 9.15. The summed E-state index contributed by atoms with van der Waals surface area (Å²) in [5.41, 5.74) is 0.0153. The van der Waals surface area contributed by atoms with Crippen molar-refractivity contribution in [3.63, 3.8) is 0 Å². The maximum Gasteiger partial charge on any atom is 0.355 e. The lowest BCUT2D eigenvalue weighted by Gasteiger charge is -2.10. The van der Waals surface area contributed by atoms with E-state index in [0.717, 1.165) is 0 Å². The number of carboxylic acid groups (broad SMARTS) is 2. The SMILES string of the molecule is COc1cc(OCCCCCC(=O)OOc2ccc(C(=O)O)c(OC)c2)ccc1C(=O)O. The first-order valence-corrected chi connectivity index (χ1v) is 9.68. The molecule has 0 aliphatic carbocycles. The van der Waals surface area contributed by atoms with Gasteiger partial charge in [-0.25, -0.2) is 14.4 Å². The lowest BCUT2D eigenvalue weighted by molar-refractivity contribution is -0.213. The van der Waals surface area contributed by atoms with Gasteiger partial charge in [-0.15, -0.1) is 0 Å². The van der Waals surface area contributed by atoms with Crippen LogP contribution < -0.4 is 19.1 Å². The third-order valence-electron chi connectivity index (χ3n) is 4.33. The fourth-order valence-corrected chi connectivity index (χ4v) is 2.71. The highest BCUT2D eigenvalue weighted by Crippen LogP contribution is 2.26. The Morgan fingerprint density at radius 3 is 1.91 bits per heavy atom. The van der Waals surface area contributed by atoms with Crippen molar-refractivity contribution in [2.24, 2.45) is 0 Å². The summed E-state index contributed by atoms with van der Waals surface area (Å²) >= 11 is 0. The molecule has 10 nitrogen and oxygen atoms in total. The van der Waals surface area contributed by atoms with Gasteiger partial charge in [0.2, 0.25) is 0 Å². The van der Waals surface area contributed by atoms with Crippen molar-refractivity contribution in [2.45, 2.75) is 25.7 Å². The Morgan fingerprint density at radius 2 is 1.34 bits per heavy atom. The molecule has 0 amide bonds. The van der Waals surface area contributed by atoms with Gasteiger partial charge in [0.05, 0.1) is 27.2 Å². The summed E-state index contributed by atoms with van der Waals surface area (Å²) in [7, 11) is 2.71. The van der Waals surface area contributed by atoms with E-state index in [1.807, 2.05) is 0 Å². The summed E-state index contributed by atoms with van der Waals surface area (Å²) in [5, 5.41) is 18.1. The van der Waals surface area contributed by atoms with Crippen molar-refractivity contribution < 1.29 is 48.6 Å². The van der Waals surface area contributed by atoms with Crippen molar-refractivity contribution in [1.82, 2.24) is 0 Å². The van der Waals surface area contributed by atoms with Crippen LogP contribution in [-0.2, 0) is 9.68 Å². The van der Waals surface area contributed by atoms with Crippen LogP contribution in [0, 0.1) is 0 Å². The van der Waals surface area contributed by atoms with Crippen LogP contribution in [0.15, 0.2) is 36.4 Å². The first kappa shape index (κ1) is 24.3. The summed E-state index contributed by atoms with van der Waals surface area (Å²) in [6.07, 6.45) is 2.05. The molecule has 10 heteroatoms. The number of benzene rings is 2. The second-order valence-corrected chi connectivity index (χ2v) is 6.53. The molecule has 2 aromatic carbocycles. The summed E-state index contributed by atoms with van der Waals surface area (Å²) in [5.74, 6) is -1.87. The largest absolute Gasteiger partial charge is 0.496 e. The van der Waals surface area contributed by atoms with Crippen LogP contribution in [0.1, 0.15) is 46.4 Å². The van der Waals surface area contributed by atoms with E-state index in [9.17, 15) is 14.4 Å². The molecule has 0 aliphatic heterocycles. The molecule has 0 spiro atoms. The number of carbonyl (C=O) groups excluding carboxylic acids is 1. The minimum absolute atomic E-state index is 0.0373. The molecule has 32 heavy (non-hydrogen) atoms. The highest BCUT2D eigenvalue weighted by Gasteiger charge is 2.14. The standard InChI is InChI=1S/C22H24O10/c1-28-18-12-14(7-9-16(18)21(24)25)30-11-5-3-4-6-20(23)32-31-15-8-10-17(22(26)27)19(13-15)29-2/h7-10,12-13H,3-6,11H2,1-2H3,(H,24,25)(H,26,27). The molecule has 0 atom stereocenters. The average molecular weight is 448 g/mol. The van der Waals surface area contributed by atoms with Crippen molar-refractivity contribution in [3.05, 3.63) is 47.5 Å². The Bertz CT molecular complexity index is 954. The number of hydrogen-bond acceptors (Lipinski definition) is 8. The van der Waals surface area contributed by atoms with Gasteiger partial charge in [-0.2, -0.15) is 0 Å². The fraction of sp³-hybridized carbons (Fsp3) is 0.318. The van der Waals surface area contributed by atoms with E-state index in [0.29, 0.717) is 31.6 Å². The number of hydrogen-bond donors (Lipinski definition) is 2. The molecule has 0 fully saturated rings. The van der Waals surface area contributed by atoms with Gasteiger partial charge in [0.25, 0.3) is 0 Å². The summed E-state index contributed by atoms with van der Waals surface area (Å²) in [6, 6.07) is 8.43. The molecule has 0 heterocycles. The van der Waals surface area contributed by atoms with Crippen molar-refractivity contribution in [2.75, 3.05) is 20.8 Å². The smallest absolute Gasteiger partial charge is 0.355 e. The third-order valence-corrected chi connectivity index (χ3v) is 4.33. The number of aromatic carboxylic acids is 2. The Morgan fingerprint density at radius 1 is 0.781 bits per heavy atom. The van der Waals surface area contributed by atoms with Crippen LogP contribution in [0.4, 0.5) is 0 Å². The van der Waals surface area contributed by atoms with Crippen LogP contribution in [0.5, 0.6) is 23.0 Å². The summed E-state index contributed by atoms with van der Waals surface area (Å²) < 4.78 is 15.6. The zero-order valence-corrected chi connectivity index (χ0v) is 17.7. The van der Waals surface area contributed by atoms with E-state index in [2.05, 4.69) is 0 Å². The normalized spacial score (nSPS) is 10.2. The first-order chi connectivity index (χ1) is 15.3. The lowest BCUT2D eigenvalue weighted by atomic mass is 10.2. The van der Waals surface area contributed by atoms with Crippen molar-refractivity contribution >= 4 is 17.9 Å². The van der Waals surface area contributed by atoms with E-state index < -0.39 is 17.9 Å². The van der Waals surface area contributed by atoms with Gasteiger partial charge in [-0.1, -0.05) is 0 Å². The summed E-state index contributed by atoms with van der Waals surface area (Å²) in [4.78, 5) is 43.6. The van der Waals surface area contributed by atoms with Crippen LogP contribution in [0.2, 0.25) is 0 Å². The van der Waals surface area contributed by atoms with Gasteiger partial charge in [0, 0.05) is 12.1 Å². The predicted molar refractivity (Wildman–Crippen MR) is 111 cm³/mol. The fourth-order valence-electron chi connectivity index (χ4n) is 2.71. The molecule has 0 aliphatic rings. The molecule has 0 saturated carbocycles. The molecule has 0 aromatic heterocycles. The van der Waals surface area contributed by atoms with Crippen LogP contribution >= 0.6 is 0 Å². The van der Waals surface area contributed by atoms with E-state index in [4.69, 9.17) is 34.2 Å². The van der Waals surface area contributed by atoms with Gasteiger partial charge < -0.3 is 24.4 Å². The van der Waals surface area contributed by atoms with Crippen LogP contribution in [-0.4, -0.2) is 48.9 Å². The second kappa shape index (κ2) is 12.0. The molecule has 0 saturated heterocycles. The van der Waals surface area contributed by atoms with E-state index >= 15 is 0 Å². The molecular formula is C22H24O10. The lowest BCUT2D eigenvalue weighted by Crippen LogP contribution is -2.08. The molecule has 172 valence electrons. The van der Waals surface area contributed by atoms with Crippen LogP contribution in [0.3, 0.4) is 0 Å². The molecular weight excluding hydrogens is 424 g/mol. The Hall–Kier alpha value is -3.95. The quantitative estimate of drug-likeness (QED) is 0.266. The van der Waals surface area contributed by atoms with E-state index in [1.54, 1.807) is 6.07 Å². The van der Waals surface area contributed by atoms with Crippen molar-refractivity contribution in [3.8, 4) is 23.0 Å². The molecule has 0 bridgehead atoms. The maximum absolute atomic E-state index is 11.8. The molecule has 2 aromatic rings. The van der Waals surface area contributed by atoms with Gasteiger partial charge in [0.15, 0.2) is 5.75 Å². The van der Waals surface area contributed by atoms with Gasteiger partial charge >= 0.3 is 17.9 Å². The van der Waals surface area contributed by atoms with Gasteiger partial charge in [-0.05, 0) is 43.5 Å². The highest BCUT2D eigenvalue weighted by atomic mass is 17.2. The van der Waals surface area contributed by atoms with E-state index in [-0.39, 0.29) is 34.8 Å². The number of carbonyl (C=O) groups is 3. The second-order valence-electron chi connectivity index (χ2n) is 6.53. The Balaban J connectivity index is 1.67. The highest BCUT2D eigenvalue weighted by molar-refractivity contribution is 5.91. The van der Waals surface area contributed by atoms with Crippen LogP contribution in [0.25, 0.3) is 0 Å².